The Morgan fingerprint density at radius 3 is 2.77 bits per heavy atom. The molecule has 1 aromatic rings. The second-order valence-corrected chi connectivity index (χ2v) is 5.55. The zero-order valence-corrected chi connectivity index (χ0v) is 13.9. The summed E-state index contributed by atoms with van der Waals surface area (Å²) in [5.74, 6) is 1.15. The minimum Gasteiger partial charge on any atom is -0.380 e. The standard InChI is InChI=1S/C17H28FN3O/c1-4-19-17(20-9-11-22-10-8-14(2)3)21-13-15-6-5-7-16(18)12-15/h5-7,12,14H,4,8-11,13H2,1-3H3,(H2,19,20,21). The summed E-state index contributed by atoms with van der Waals surface area (Å²) in [6.45, 7) is 9.75. The molecular formula is C17H28FN3O. The van der Waals surface area contributed by atoms with Crippen molar-refractivity contribution in [1.29, 1.82) is 0 Å². The Bertz CT molecular complexity index is 449. The number of benzene rings is 1. The number of hydrogen-bond acceptors (Lipinski definition) is 2. The van der Waals surface area contributed by atoms with Crippen LogP contribution in [0.3, 0.4) is 0 Å². The maximum atomic E-state index is 13.1. The molecule has 0 radical (unpaired) electrons. The summed E-state index contributed by atoms with van der Waals surface area (Å²) in [7, 11) is 0. The van der Waals surface area contributed by atoms with Crippen LogP contribution in [0.25, 0.3) is 0 Å². The Hall–Kier alpha value is -1.62. The molecule has 0 saturated heterocycles. The fourth-order valence-corrected chi connectivity index (χ4v) is 1.81. The van der Waals surface area contributed by atoms with Crippen LogP contribution in [0.15, 0.2) is 29.3 Å². The maximum Gasteiger partial charge on any atom is 0.191 e. The molecule has 0 fully saturated rings. The molecule has 1 rings (SSSR count). The van der Waals surface area contributed by atoms with Crippen LogP contribution in [0.2, 0.25) is 0 Å². The van der Waals surface area contributed by atoms with Gasteiger partial charge in [-0.05, 0) is 37.0 Å². The predicted molar refractivity (Wildman–Crippen MR) is 89.5 cm³/mol. The Balaban J connectivity index is 2.33. The monoisotopic (exact) mass is 309 g/mol. The highest BCUT2D eigenvalue weighted by atomic mass is 19.1. The number of ether oxygens (including phenoxy) is 1. The molecule has 5 heteroatoms. The van der Waals surface area contributed by atoms with Crippen molar-refractivity contribution in [2.24, 2.45) is 10.9 Å². The molecule has 1 aromatic carbocycles. The molecule has 0 saturated carbocycles. The second kappa shape index (κ2) is 11.0. The van der Waals surface area contributed by atoms with Crippen LogP contribution in [0.4, 0.5) is 4.39 Å². The van der Waals surface area contributed by atoms with Crippen LogP contribution in [0, 0.1) is 11.7 Å². The van der Waals surface area contributed by atoms with Gasteiger partial charge in [-0.3, -0.25) is 0 Å². The van der Waals surface area contributed by atoms with Crippen molar-refractivity contribution >= 4 is 5.96 Å². The van der Waals surface area contributed by atoms with E-state index in [2.05, 4.69) is 29.5 Å². The van der Waals surface area contributed by atoms with Crippen LogP contribution in [0.1, 0.15) is 32.8 Å². The highest BCUT2D eigenvalue weighted by Crippen LogP contribution is 2.04. The number of guanidine groups is 1. The molecular weight excluding hydrogens is 281 g/mol. The normalized spacial score (nSPS) is 11.8. The van der Waals surface area contributed by atoms with Gasteiger partial charge in [0.05, 0.1) is 13.2 Å². The van der Waals surface area contributed by atoms with E-state index >= 15 is 0 Å². The molecule has 0 spiro atoms. The molecule has 0 bridgehead atoms. The first-order valence-corrected chi connectivity index (χ1v) is 7.96. The number of nitrogens with zero attached hydrogens (tertiary/aromatic N) is 1. The fourth-order valence-electron chi connectivity index (χ4n) is 1.81. The van der Waals surface area contributed by atoms with Gasteiger partial charge in [0.2, 0.25) is 0 Å². The summed E-state index contributed by atoms with van der Waals surface area (Å²) >= 11 is 0. The molecule has 0 unspecified atom stereocenters. The first kappa shape index (κ1) is 18.4. The number of aliphatic imine (C=N–C) groups is 1. The van der Waals surface area contributed by atoms with Gasteiger partial charge in [0.1, 0.15) is 5.82 Å². The Kier molecular flexibility index (Phi) is 9.23. The molecule has 4 nitrogen and oxygen atoms in total. The molecule has 0 aromatic heterocycles. The first-order valence-electron chi connectivity index (χ1n) is 7.96. The molecule has 2 N–H and O–H groups in total. The summed E-state index contributed by atoms with van der Waals surface area (Å²) < 4.78 is 18.7. The summed E-state index contributed by atoms with van der Waals surface area (Å²) in [6, 6.07) is 6.50. The minimum atomic E-state index is -0.232. The lowest BCUT2D eigenvalue weighted by atomic mass is 10.1. The van der Waals surface area contributed by atoms with Crippen LogP contribution >= 0.6 is 0 Å². The molecule has 124 valence electrons. The van der Waals surface area contributed by atoms with E-state index in [9.17, 15) is 4.39 Å². The van der Waals surface area contributed by atoms with Gasteiger partial charge in [-0.25, -0.2) is 9.38 Å². The van der Waals surface area contributed by atoms with Gasteiger partial charge in [-0.1, -0.05) is 26.0 Å². The summed E-state index contributed by atoms with van der Waals surface area (Å²) in [4.78, 5) is 4.44. The van der Waals surface area contributed by atoms with Crippen molar-refractivity contribution in [2.45, 2.75) is 33.7 Å². The number of halogens is 1. The van der Waals surface area contributed by atoms with E-state index in [-0.39, 0.29) is 5.82 Å². The van der Waals surface area contributed by atoms with E-state index in [1.54, 1.807) is 6.07 Å². The van der Waals surface area contributed by atoms with Crippen LogP contribution in [-0.4, -0.2) is 32.3 Å². The van der Waals surface area contributed by atoms with Gasteiger partial charge < -0.3 is 15.4 Å². The average Bonchev–Trinajstić information content (AvgIpc) is 2.48. The highest BCUT2D eigenvalue weighted by molar-refractivity contribution is 5.79. The van der Waals surface area contributed by atoms with Crippen molar-refractivity contribution in [2.75, 3.05) is 26.3 Å². The molecule has 0 aliphatic heterocycles. The molecule has 0 aliphatic carbocycles. The van der Waals surface area contributed by atoms with Gasteiger partial charge in [-0.2, -0.15) is 0 Å². The minimum absolute atomic E-state index is 0.232. The lowest BCUT2D eigenvalue weighted by Gasteiger charge is -2.12. The zero-order valence-electron chi connectivity index (χ0n) is 13.9. The third kappa shape index (κ3) is 8.62. The van der Waals surface area contributed by atoms with Crippen LogP contribution in [-0.2, 0) is 11.3 Å². The fraction of sp³-hybridized carbons (Fsp3) is 0.588. The van der Waals surface area contributed by atoms with Crippen molar-refractivity contribution in [3.8, 4) is 0 Å². The molecule has 0 atom stereocenters. The van der Waals surface area contributed by atoms with Gasteiger partial charge in [0.15, 0.2) is 5.96 Å². The lowest BCUT2D eigenvalue weighted by molar-refractivity contribution is 0.128. The Morgan fingerprint density at radius 1 is 1.27 bits per heavy atom. The molecule has 22 heavy (non-hydrogen) atoms. The largest absolute Gasteiger partial charge is 0.380 e. The molecule has 0 heterocycles. The Morgan fingerprint density at radius 2 is 2.09 bits per heavy atom. The van der Waals surface area contributed by atoms with Gasteiger partial charge >= 0.3 is 0 Å². The number of rotatable bonds is 9. The smallest absolute Gasteiger partial charge is 0.191 e. The number of hydrogen-bond donors (Lipinski definition) is 2. The molecule has 0 amide bonds. The van der Waals surface area contributed by atoms with E-state index in [4.69, 9.17) is 4.74 Å². The second-order valence-electron chi connectivity index (χ2n) is 5.55. The van der Waals surface area contributed by atoms with Crippen molar-refractivity contribution in [1.82, 2.24) is 10.6 Å². The van der Waals surface area contributed by atoms with E-state index in [1.807, 2.05) is 13.0 Å². The number of nitrogens with one attached hydrogen (secondary N) is 2. The lowest BCUT2D eigenvalue weighted by Crippen LogP contribution is -2.39. The van der Waals surface area contributed by atoms with Gasteiger partial charge in [0.25, 0.3) is 0 Å². The SMILES string of the molecule is CCNC(=NCc1cccc(F)c1)NCCOCCC(C)C. The highest BCUT2D eigenvalue weighted by Gasteiger charge is 1.99. The van der Waals surface area contributed by atoms with E-state index in [0.29, 0.717) is 25.6 Å². The summed E-state index contributed by atoms with van der Waals surface area (Å²) in [6.07, 6.45) is 1.08. The summed E-state index contributed by atoms with van der Waals surface area (Å²) in [5, 5.41) is 6.38. The van der Waals surface area contributed by atoms with Gasteiger partial charge in [-0.15, -0.1) is 0 Å². The van der Waals surface area contributed by atoms with Crippen LogP contribution < -0.4 is 10.6 Å². The first-order chi connectivity index (χ1) is 10.6. The predicted octanol–water partition coefficient (Wildman–Crippen LogP) is 2.94. The van der Waals surface area contributed by atoms with Crippen molar-refractivity contribution < 1.29 is 9.13 Å². The van der Waals surface area contributed by atoms with Crippen molar-refractivity contribution in [3.05, 3.63) is 35.6 Å². The zero-order chi connectivity index (χ0) is 16.2. The van der Waals surface area contributed by atoms with Crippen LogP contribution in [0.5, 0.6) is 0 Å². The van der Waals surface area contributed by atoms with Gasteiger partial charge in [0, 0.05) is 19.7 Å². The average molecular weight is 309 g/mol. The maximum absolute atomic E-state index is 13.1. The molecule has 0 aliphatic rings. The topological polar surface area (TPSA) is 45.7 Å². The Labute approximate surface area is 133 Å². The van der Waals surface area contributed by atoms with E-state index in [1.165, 1.54) is 12.1 Å². The third-order valence-corrected chi connectivity index (χ3v) is 3.03. The summed E-state index contributed by atoms with van der Waals surface area (Å²) in [5.41, 5.74) is 0.852. The third-order valence-electron chi connectivity index (χ3n) is 3.03. The van der Waals surface area contributed by atoms with Crippen molar-refractivity contribution in [3.63, 3.8) is 0 Å². The van der Waals surface area contributed by atoms with E-state index < -0.39 is 0 Å². The quantitative estimate of drug-likeness (QED) is 0.419. The van der Waals surface area contributed by atoms with E-state index in [0.717, 1.165) is 31.1 Å².